The zero-order valence-corrected chi connectivity index (χ0v) is 10.1. The zero-order valence-electron chi connectivity index (χ0n) is 8.46. The molecule has 6 heteroatoms. The van der Waals surface area contributed by atoms with Crippen molar-refractivity contribution in [3.05, 3.63) is 29.8 Å². The van der Waals surface area contributed by atoms with E-state index < -0.39 is 5.51 Å². The lowest BCUT2D eigenvalue weighted by atomic mass is 10.2. The molecule has 0 fully saturated rings. The van der Waals surface area contributed by atoms with Crippen molar-refractivity contribution < 1.29 is 13.2 Å². The van der Waals surface area contributed by atoms with Crippen LogP contribution < -0.4 is 5.73 Å². The average molecular weight is 267 g/mol. The fourth-order valence-electron chi connectivity index (χ4n) is 1.04. The number of hydrogen-bond donors (Lipinski definition) is 1. The Morgan fingerprint density at radius 3 is 2.19 bits per heavy atom. The van der Waals surface area contributed by atoms with E-state index in [4.69, 9.17) is 5.73 Å². The zero-order chi connectivity index (χ0) is 12.0. The van der Waals surface area contributed by atoms with Crippen molar-refractivity contribution in [2.24, 2.45) is 5.73 Å². The van der Waals surface area contributed by atoms with Crippen LogP contribution in [-0.4, -0.2) is 17.0 Å². The summed E-state index contributed by atoms with van der Waals surface area (Å²) in [6.45, 7) is 0.481. The van der Waals surface area contributed by atoms with Gasteiger partial charge in [-0.3, -0.25) is 0 Å². The van der Waals surface area contributed by atoms with E-state index in [2.05, 4.69) is 0 Å². The monoisotopic (exact) mass is 267 g/mol. The van der Waals surface area contributed by atoms with Crippen molar-refractivity contribution in [1.82, 2.24) is 0 Å². The lowest BCUT2D eigenvalue weighted by Crippen LogP contribution is -2.02. The van der Waals surface area contributed by atoms with Gasteiger partial charge in [-0.2, -0.15) is 13.2 Å². The maximum absolute atomic E-state index is 11.8. The number of hydrogen-bond acceptors (Lipinski definition) is 3. The van der Waals surface area contributed by atoms with Gasteiger partial charge in [-0.1, -0.05) is 23.9 Å². The van der Waals surface area contributed by atoms with Crippen molar-refractivity contribution in [3.8, 4) is 0 Å². The molecule has 0 aliphatic rings. The maximum atomic E-state index is 11.8. The van der Waals surface area contributed by atoms with Crippen molar-refractivity contribution in [1.29, 1.82) is 0 Å². The largest absolute Gasteiger partial charge is 0.441 e. The van der Waals surface area contributed by atoms with Crippen LogP contribution in [0.3, 0.4) is 0 Å². The molecule has 0 saturated heterocycles. The lowest BCUT2D eigenvalue weighted by molar-refractivity contribution is -0.0326. The van der Waals surface area contributed by atoms with Crippen LogP contribution in [0.5, 0.6) is 0 Å². The van der Waals surface area contributed by atoms with Gasteiger partial charge in [0.2, 0.25) is 0 Å². The van der Waals surface area contributed by atoms with Crippen molar-refractivity contribution in [3.63, 3.8) is 0 Å². The number of alkyl halides is 3. The fraction of sp³-hybridized carbons (Fsp3) is 0.400. The molecule has 2 N–H and O–H groups in total. The number of benzene rings is 1. The predicted molar refractivity (Wildman–Crippen MR) is 63.6 cm³/mol. The molecule has 1 nitrogen and oxygen atoms in total. The minimum absolute atomic E-state index is 0.0196. The summed E-state index contributed by atoms with van der Waals surface area (Å²) in [4.78, 5) is 0.972. The van der Waals surface area contributed by atoms with Crippen LogP contribution in [0, 0.1) is 0 Å². The fourth-order valence-corrected chi connectivity index (χ4v) is 2.50. The van der Waals surface area contributed by atoms with Crippen LogP contribution in [0.25, 0.3) is 0 Å². The second-order valence-electron chi connectivity index (χ2n) is 2.99. The molecule has 0 aliphatic heterocycles. The van der Waals surface area contributed by atoms with Gasteiger partial charge < -0.3 is 5.73 Å². The molecule has 0 amide bonds. The van der Waals surface area contributed by atoms with E-state index in [-0.39, 0.29) is 17.5 Å². The summed E-state index contributed by atoms with van der Waals surface area (Å²) in [5.74, 6) is 0.527. The summed E-state index contributed by atoms with van der Waals surface area (Å²) >= 11 is 1.44. The highest BCUT2D eigenvalue weighted by Gasteiger charge is 2.27. The Bertz CT molecular complexity index is 311. The number of halogens is 3. The van der Waals surface area contributed by atoms with E-state index in [9.17, 15) is 13.2 Å². The Hall–Kier alpha value is -0.330. The molecule has 0 aromatic heterocycles. The first-order valence-electron chi connectivity index (χ1n) is 4.64. The van der Waals surface area contributed by atoms with E-state index >= 15 is 0 Å². The smallest absolute Gasteiger partial charge is 0.326 e. The molecule has 16 heavy (non-hydrogen) atoms. The summed E-state index contributed by atoms with van der Waals surface area (Å²) in [7, 11) is 0. The molecule has 1 aromatic rings. The Labute approximate surface area is 101 Å². The van der Waals surface area contributed by atoms with Gasteiger partial charge in [0.15, 0.2) is 0 Å². The third kappa shape index (κ3) is 5.67. The van der Waals surface area contributed by atoms with E-state index in [0.29, 0.717) is 12.3 Å². The van der Waals surface area contributed by atoms with E-state index in [1.54, 1.807) is 0 Å². The minimum atomic E-state index is -4.12. The molecule has 0 bridgehead atoms. The molecule has 0 radical (unpaired) electrons. The van der Waals surface area contributed by atoms with Crippen LogP contribution in [0.1, 0.15) is 5.56 Å². The van der Waals surface area contributed by atoms with Gasteiger partial charge in [0.1, 0.15) is 0 Å². The highest BCUT2D eigenvalue weighted by molar-refractivity contribution is 8.03. The van der Waals surface area contributed by atoms with Crippen LogP contribution in [-0.2, 0) is 6.54 Å². The first-order valence-corrected chi connectivity index (χ1v) is 6.61. The standard InChI is InChI=1S/C10H12F3NS2/c11-10(12,13)16-6-5-15-9-3-1-8(7-14)2-4-9/h1-4H,5-7,14H2. The van der Waals surface area contributed by atoms with Gasteiger partial charge in [-0.25, -0.2) is 0 Å². The first kappa shape index (κ1) is 13.7. The third-order valence-corrected chi connectivity index (χ3v) is 3.78. The lowest BCUT2D eigenvalue weighted by Gasteiger charge is -2.05. The van der Waals surface area contributed by atoms with Crippen molar-refractivity contribution in [2.45, 2.75) is 16.9 Å². The SMILES string of the molecule is NCc1ccc(SCCSC(F)(F)F)cc1. The summed E-state index contributed by atoms with van der Waals surface area (Å²) in [6, 6.07) is 7.54. The second kappa shape index (κ2) is 6.42. The van der Waals surface area contributed by atoms with Crippen LogP contribution in [0.2, 0.25) is 0 Å². The van der Waals surface area contributed by atoms with E-state index in [1.165, 1.54) is 11.8 Å². The normalized spacial score (nSPS) is 11.8. The van der Waals surface area contributed by atoms with Gasteiger partial charge in [0.25, 0.3) is 0 Å². The molecule has 1 aromatic carbocycles. The Kier molecular flexibility index (Phi) is 5.51. The molecule has 1 rings (SSSR count). The molecule has 0 unspecified atom stereocenters. The Morgan fingerprint density at radius 2 is 1.69 bits per heavy atom. The molecule has 0 spiro atoms. The number of thioether (sulfide) groups is 2. The molecule has 0 atom stereocenters. The summed E-state index contributed by atoms with van der Waals surface area (Å²) < 4.78 is 35.5. The summed E-state index contributed by atoms with van der Waals surface area (Å²) in [6.07, 6.45) is 0. The van der Waals surface area contributed by atoms with Crippen LogP contribution in [0.4, 0.5) is 13.2 Å². The molecular weight excluding hydrogens is 255 g/mol. The number of nitrogens with two attached hydrogens (primary N) is 1. The van der Waals surface area contributed by atoms with E-state index in [1.807, 2.05) is 24.3 Å². The molecule has 90 valence electrons. The van der Waals surface area contributed by atoms with Crippen LogP contribution >= 0.6 is 23.5 Å². The highest BCUT2D eigenvalue weighted by atomic mass is 32.2. The first-order chi connectivity index (χ1) is 7.51. The Morgan fingerprint density at radius 1 is 1.06 bits per heavy atom. The summed E-state index contributed by atoms with van der Waals surface area (Å²) in [5, 5.41) is 0. The second-order valence-corrected chi connectivity index (χ2v) is 5.32. The van der Waals surface area contributed by atoms with Gasteiger partial charge in [0.05, 0.1) is 0 Å². The van der Waals surface area contributed by atoms with Gasteiger partial charge in [-0.05, 0) is 17.7 Å². The molecule has 0 aliphatic carbocycles. The Balaban J connectivity index is 2.27. The van der Waals surface area contributed by atoms with Gasteiger partial charge >= 0.3 is 5.51 Å². The number of rotatable bonds is 5. The van der Waals surface area contributed by atoms with Crippen molar-refractivity contribution in [2.75, 3.05) is 11.5 Å². The molecule has 0 heterocycles. The predicted octanol–water partition coefficient (Wildman–Crippen LogP) is 3.49. The van der Waals surface area contributed by atoms with Gasteiger partial charge in [0, 0.05) is 22.9 Å². The summed E-state index contributed by atoms with van der Waals surface area (Å²) in [5.41, 5.74) is 2.34. The quantitative estimate of drug-likeness (QED) is 0.653. The topological polar surface area (TPSA) is 26.0 Å². The van der Waals surface area contributed by atoms with Crippen LogP contribution in [0.15, 0.2) is 29.2 Å². The average Bonchev–Trinajstić information content (AvgIpc) is 2.24. The molecular formula is C10H12F3NS2. The highest BCUT2D eigenvalue weighted by Crippen LogP contribution is 2.31. The minimum Gasteiger partial charge on any atom is -0.326 e. The van der Waals surface area contributed by atoms with E-state index in [0.717, 1.165) is 10.5 Å². The van der Waals surface area contributed by atoms with Gasteiger partial charge in [-0.15, -0.1) is 11.8 Å². The maximum Gasteiger partial charge on any atom is 0.441 e. The van der Waals surface area contributed by atoms with Crippen molar-refractivity contribution >= 4 is 23.5 Å². The third-order valence-electron chi connectivity index (χ3n) is 1.78. The molecule has 0 saturated carbocycles.